The summed E-state index contributed by atoms with van der Waals surface area (Å²) < 4.78 is 5.36. The first-order valence-electron chi connectivity index (χ1n) is 9.63. The molecule has 0 aromatic carbocycles. The molecule has 0 saturated carbocycles. The van der Waals surface area contributed by atoms with Crippen molar-refractivity contribution in [2.75, 3.05) is 53.0 Å². The van der Waals surface area contributed by atoms with Crippen LogP contribution in [0.3, 0.4) is 0 Å². The van der Waals surface area contributed by atoms with Crippen LogP contribution >= 0.6 is 0 Å². The number of hydrogen-bond donors (Lipinski definition) is 2. The van der Waals surface area contributed by atoms with E-state index in [2.05, 4.69) is 22.2 Å². The summed E-state index contributed by atoms with van der Waals surface area (Å²) >= 11 is 0. The molecule has 3 aliphatic rings. The molecule has 6 heteroatoms. The third kappa shape index (κ3) is 3.93. The third-order valence-electron chi connectivity index (χ3n) is 6.36. The van der Waals surface area contributed by atoms with Crippen LogP contribution < -0.4 is 11.1 Å². The Morgan fingerprint density at radius 2 is 1.67 bits per heavy atom. The quantitative estimate of drug-likeness (QED) is 0.784. The van der Waals surface area contributed by atoms with Gasteiger partial charge in [0, 0.05) is 25.3 Å². The summed E-state index contributed by atoms with van der Waals surface area (Å²) in [5.41, 5.74) is 5.72. The van der Waals surface area contributed by atoms with Crippen molar-refractivity contribution in [3.8, 4) is 0 Å². The molecule has 3 fully saturated rings. The Balaban J connectivity index is 1.64. The molecule has 6 nitrogen and oxygen atoms in total. The maximum atomic E-state index is 12.7. The van der Waals surface area contributed by atoms with Gasteiger partial charge >= 0.3 is 0 Å². The van der Waals surface area contributed by atoms with Crippen LogP contribution in [-0.4, -0.2) is 79.8 Å². The van der Waals surface area contributed by atoms with Crippen LogP contribution in [0.2, 0.25) is 0 Å². The number of rotatable bonds is 4. The molecule has 3 N–H and O–H groups in total. The highest BCUT2D eigenvalue weighted by atomic mass is 16.5. The number of nitrogens with one attached hydrogen (secondary N) is 1. The van der Waals surface area contributed by atoms with Crippen molar-refractivity contribution < 1.29 is 9.53 Å². The van der Waals surface area contributed by atoms with Gasteiger partial charge in [0.2, 0.25) is 5.91 Å². The van der Waals surface area contributed by atoms with E-state index in [1.165, 1.54) is 32.4 Å². The van der Waals surface area contributed by atoms with E-state index in [0.717, 1.165) is 32.5 Å². The summed E-state index contributed by atoms with van der Waals surface area (Å²) in [6, 6.07) is 0. The highest BCUT2D eigenvalue weighted by Crippen LogP contribution is 2.31. The van der Waals surface area contributed by atoms with Crippen LogP contribution in [0.4, 0.5) is 0 Å². The lowest BCUT2D eigenvalue weighted by atomic mass is 9.83. The van der Waals surface area contributed by atoms with Crippen LogP contribution in [0, 0.1) is 0 Å². The van der Waals surface area contributed by atoms with Gasteiger partial charge in [-0.05, 0) is 71.8 Å². The number of nitrogens with zero attached hydrogens (tertiary/aromatic N) is 2. The minimum absolute atomic E-state index is 0.0149. The smallest absolute Gasteiger partial charge is 0.240 e. The lowest BCUT2D eigenvalue weighted by molar-refractivity contribution is -0.130. The average molecular weight is 338 g/mol. The summed E-state index contributed by atoms with van der Waals surface area (Å²) in [5.74, 6) is 0.0149. The van der Waals surface area contributed by atoms with E-state index in [1.54, 1.807) is 0 Å². The number of amides is 1. The summed E-state index contributed by atoms with van der Waals surface area (Å²) in [6.07, 6.45) is 7.41. The lowest BCUT2D eigenvalue weighted by Crippen LogP contribution is -2.64. The number of ether oxygens (including phenoxy) is 1. The molecule has 0 aromatic rings. The molecule has 1 amide bonds. The van der Waals surface area contributed by atoms with Crippen molar-refractivity contribution in [1.29, 1.82) is 0 Å². The Morgan fingerprint density at radius 1 is 1.04 bits per heavy atom. The number of carbonyl (C=O) groups excluding carboxylic acids is 1. The maximum Gasteiger partial charge on any atom is 0.240 e. The maximum absolute atomic E-state index is 12.7. The van der Waals surface area contributed by atoms with Crippen molar-refractivity contribution in [2.45, 2.75) is 56.0 Å². The predicted molar refractivity (Wildman–Crippen MR) is 94.9 cm³/mol. The normalized spacial score (nSPS) is 28.4. The summed E-state index contributed by atoms with van der Waals surface area (Å²) in [6.45, 7) is 6.46. The van der Waals surface area contributed by atoms with Crippen molar-refractivity contribution in [3.63, 3.8) is 0 Å². The molecule has 3 heterocycles. The van der Waals surface area contributed by atoms with Crippen molar-refractivity contribution in [3.05, 3.63) is 0 Å². The second-order valence-corrected chi connectivity index (χ2v) is 8.03. The standard InChI is InChI=1S/C18H34N4O2/c1-21-11-5-17(6-12-21,22-9-3-2-4-10-22)15-20-16(23)18(19)7-13-24-14-8-18/h2-15,19H2,1H3,(H,20,23). The fraction of sp³-hybridized carbons (Fsp3) is 0.944. The van der Waals surface area contributed by atoms with E-state index in [4.69, 9.17) is 10.5 Å². The number of likely N-dealkylation sites (tertiary alicyclic amines) is 2. The SMILES string of the molecule is CN1CCC(CNC(=O)C2(N)CCOCC2)(N2CCCCC2)CC1. The van der Waals surface area contributed by atoms with E-state index in [1.807, 2.05) is 0 Å². The average Bonchev–Trinajstić information content (AvgIpc) is 2.63. The van der Waals surface area contributed by atoms with Crippen molar-refractivity contribution >= 4 is 5.91 Å². The fourth-order valence-electron chi connectivity index (χ4n) is 4.39. The van der Waals surface area contributed by atoms with Gasteiger partial charge in [-0.1, -0.05) is 6.42 Å². The van der Waals surface area contributed by atoms with Crippen molar-refractivity contribution in [2.24, 2.45) is 5.73 Å². The zero-order valence-corrected chi connectivity index (χ0v) is 15.2. The highest BCUT2D eigenvalue weighted by Gasteiger charge is 2.42. The van der Waals surface area contributed by atoms with Gasteiger partial charge in [-0.25, -0.2) is 0 Å². The molecule has 3 rings (SSSR count). The molecule has 0 aliphatic carbocycles. The Morgan fingerprint density at radius 3 is 2.29 bits per heavy atom. The first kappa shape index (κ1) is 18.1. The Labute approximate surface area is 146 Å². The topological polar surface area (TPSA) is 70.8 Å². The van der Waals surface area contributed by atoms with Gasteiger partial charge in [-0.15, -0.1) is 0 Å². The largest absolute Gasteiger partial charge is 0.381 e. The monoisotopic (exact) mass is 338 g/mol. The lowest BCUT2D eigenvalue weighted by Gasteiger charge is -2.50. The van der Waals surface area contributed by atoms with Gasteiger partial charge in [-0.2, -0.15) is 0 Å². The van der Waals surface area contributed by atoms with Gasteiger partial charge in [0.25, 0.3) is 0 Å². The van der Waals surface area contributed by atoms with Crippen LogP contribution in [-0.2, 0) is 9.53 Å². The van der Waals surface area contributed by atoms with E-state index < -0.39 is 5.54 Å². The Bertz CT molecular complexity index is 423. The molecule has 0 aromatic heterocycles. The predicted octanol–water partition coefficient (Wildman–Crippen LogP) is 0.561. The highest BCUT2D eigenvalue weighted by molar-refractivity contribution is 5.86. The summed E-state index contributed by atoms with van der Waals surface area (Å²) in [5, 5.41) is 3.24. The van der Waals surface area contributed by atoms with E-state index in [9.17, 15) is 4.79 Å². The van der Waals surface area contributed by atoms with E-state index in [-0.39, 0.29) is 11.4 Å². The fourth-order valence-corrected chi connectivity index (χ4v) is 4.39. The molecule has 3 aliphatic heterocycles. The summed E-state index contributed by atoms with van der Waals surface area (Å²) in [7, 11) is 2.19. The van der Waals surface area contributed by atoms with Crippen LogP contribution in [0.1, 0.15) is 44.9 Å². The number of nitrogens with two attached hydrogens (primary N) is 1. The van der Waals surface area contributed by atoms with Crippen LogP contribution in [0.15, 0.2) is 0 Å². The molecule has 3 saturated heterocycles. The van der Waals surface area contributed by atoms with Gasteiger partial charge in [0.1, 0.15) is 0 Å². The number of hydrogen-bond acceptors (Lipinski definition) is 5. The molecule has 0 radical (unpaired) electrons. The zero-order chi connectivity index (χ0) is 17.0. The Hall–Kier alpha value is -0.690. The van der Waals surface area contributed by atoms with E-state index >= 15 is 0 Å². The number of carbonyl (C=O) groups is 1. The van der Waals surface area contributed by atoms with Gasteiger partial charge < -0.3 is 20.7 Å². The van der Waals surface area contributed by atoms with E-state index in [0.29, 0.717) is 26.1 Å². The number of piperidine rings is 2. The minimum atomic E-state index is -0.743. The molecule has 0 unspecified atom stereocenters. The van der Waals surface area contributed by atoms with Gasteiger partial charge in [-0.3, -0.25) is 9.69 Å². The second-order valence-electron chi connectivity index (χ2n) is 8.03. The van der Waals surface area contributed by atoms with Crippen molar-refractivity contribution in [1.82, 2.24) is 15.1 Å². The summed E-state index contributed by atoms with van der Waals surface area (Å²) in [4.78, 5) is 17.8. The van der Waals surface area contributed by atoms with Crippen LogP contribution in [0.5, 0.6) is 0 Å². The minimum Gasteiger partial charge on any atom is -0.381 e. The molecular weight excluding hydrogens is 304 g/mol. The molecular formula is C18H34N4O2. The Kier molecular flexibility index (Phi) is 5.80. The molecule has 0 bridgehead atoms. The zero-order valence-electron chi connectivity index (χ0n) is 15.2. The second kappa shape index (κ2) is 7.68. The molecule has 24 heavy (non-hydrogen) atoms. The molecule has 138 valence electrons. The third-order valence-corrected chi connectivity index (χ3v) is 6.36. The van der Waals surface area contributed by atoms with Gasteiger partial charge in [0.15, 0.2) is 0 Å². The first-order valence-corrected chi connectivity index (χ1v) is 9.63. The van der Waals surface area contributed by atoms with Gasteiger partial charge in [0.05, 0.1) is 5.54 Å². The first-order chi connectivity index (χ1) is 11.5. The van der Waals surface area contributed by atoms with Crippen LogP contribution in [0.25, 0.3) is 0 Å². The molecule has 0 spiro atoms. The molecule has 0 atom stereocenters.